The Labute approximate surface area is 78.3 Å². The summed E-state index contributed by atoms with van der Waals surface area (Å²) in [5, 5.41) is 10.4. The van der Waals surface area contributed by atoms with Gasteiger partial charge in [0, 0.05) is 12.1 Å². The van der Waals surface area contributed by atoms with Gasteiger partial charge in [0.1, 0.15) is 19.1 Å². The molecule has 0 saturated heterocycles. The number of ether oxygens (including phenoxy) is 1. The van der Waals surface area contributed by atoms with Gasteiger partial charge in [-0.05, 0) is 6.07 Å². The summed E-state index contributed by atoms with van der Waals surface area (Å²) in [6.45, 7) is -1.11. The number of nitrogens with zero attached hydrogens (tertiary/aromatic N) is 1. The second kappa shape index (κ2) is 4.50. The van der Waals surface area contributed by atoms with Crippen molar-refractivity contribution in [2.24, 2.45) is 0 Å². The van der Waals surface area contributed by atoms with Gasteiger partial charge in [-0.25, -0.2) is 8.78 Å². The maximum absolute atomic E-state index is 12.6. The Morgan fingerprint density at radius 1 is 1.50 bits per heavy atom. The third-order valence-corrected chi connectivity index (χ3v) is 1.45. The van der Waals surface area contributed by atoms with Crippen LogP contribution in [0.25, 0.3) is 0 Å². The van der Waals surface area contributed by atoms with Crippen LogP contribution in [0.1, 0.15) is 0 Å². The normalized spacial score (nSPS) is 9.86. The first-order valence-corrected chi connectivity index (χ1v) is 3.78. The molecule has 0 heterocycles. The molecule has 76 valence electrons. The third-order valence-electron chi connectivity index (χ3n) is 1.45. The minimum Gasteiger partial charge on any atom is -0.484 e. The number of benzene rings is 1. The first-order chi connectivity index (χ1) is 6.65. The van der Waals surface area contributed by atoms with Gasteiger partial charge < -0.3 is 4.74 Å². The quantitative estimate of drug-likeness (QED) is 0.556. The van der Waals surface area contributed by atoms with Crippen LogP contribution < -0.4 is 4.74 Å². The Bertz CT molecular complexity index is 343. The first kappa shape index (κ1) is 10.4. The summed E-state index contributed by atoms with van der Waals surface area (Å²) in [5.74, 6) is -0.919. The van der Waals surface area contributed by atoms with Crippen molar-refractivity contribution in [1.29, 1.82) is 0 Å². The fraction of sp³-hybridized carbons (Fsp3) is 0.250. The van der Waals surface area contributed by atoms with Gasteiger partial charge in [0.05, 0.1) is 4.92 Å². The number of rotatable bonds is 4. The Morgan fingerprint density at radius 3 is 2.79 bits per heavy atom. The van der Waals surface area contributed by atoms with E-state index in [9.17, 15) is 18.9 Å². The van der Waals surface area contributed by atoms with E-state index < -0.39 is 17.4 Å². The van der Waals surface area contributed by atoms with Crippen molar-refractivity contribution in [3.8, 4) is 5.75 Å². The molecule has 14 heavy (non-hydrogen) atoms. The summed E-state index contributed by atoms with van der Waals surface area (Å²) in [7, 11) is 0. The van der Waals surface area contributed by atoms with Crippen molar-refractivity contribution in [2.75, 3.05) is 13.3 Å². The molecule has 0 saturated carbocycles. The van der Waals surface area contributed by atoms with Crippen molar-refractivity contribution >= 4 is 5.69 Å². The van der Waals surface area contributed by atoms with Crippen LogP contribution in [-0.4, -0.2) is 18.2 Å². The van der Waals surface area contributed by atoms with Gasteiger partial charge in [-0.3, -0.25) is 10.1 Å². The average Bonchev–Trinajstić information content (AvgIpc) is 2.14. The minimum absolute atomic E-state index is 0.257. The van der Waals surface area contributed by atoms with Crippen molar-refractivity contribution < 1.29 is 18.4 Å². The number of nitro benzene ring substituents is 1. The summed E-state index contributed by atoms with van der Waals surface area (Å²) >= 11 is 0. The zero-order valence-corrected chi connectivity index (χ0v) is 7.07. The van der Waals surface area contributed by atoms with Crippen molar-refractivity contribution in [3.63, 3.8) is 0 Å². The molecule has 0 radical (unpaired) electrons. The maximum Gasteiger partial charge on any atom is 0.311 e. The van der Waals surface area contributed by atoms with Gasteiger partial charge >= 0.3 is 5.69 Å². The van der Waals surface area contributed by atoms with Crippen LogP contribution >= 0.6 is 0 Å². The Morgan fingerprint density at radius 2 is 2.21 bits per heavy atom. The van der Waals surface area contributed by atoms with Gasteiger partial charge in [-0.1, -0.05) is 0 Å². The van der Waals surface area contributed by atoms with Crippen molar-refractivity contribution in [1.82, 2.24) is 0 Å². The summed E-state index contributed by atoms with van der Waals surface area (Å²) in [5.41, 5.74) is -0.375. The molecule has 1 aromatic rings. The summed E-state index contributed by atoms with van der Waals surface area (Å²) in [4.78, 5) is 9.69. The predicted octanol–water partition coefficient (Wildman–Crippen LogP) is 2.08. The van der Waals surface area contributed by atoms with Crippen molar-refractivity contribution in [2.45, 2.75) is 0 Å². The van der Waals surface area contributed by atoms with Crippen LogP contribution in [-0.2, 0) is 0 Å². The molecular weight excluding hydrogens is 196 g/mol. The predicted molar refractivity (Wildman–Crippen MR) is 44.5 cm³/mol. The van der Waals surface area contributed by atoms with Crippen LogP contribution in [0, 0.1) is 15.9 Å². The second-order valence-corrected chi connectivity index (χ2v) is 2.41. The minimum atomic E-state index is -0.784. The molecule has 0 unspecified atom stereocenters. The molecule has 0 atom stereocenters. The van der Waals surface area contributed by atoms with Gasteiger partial charge in [-0.15, -0.1) is 0 Å². The highest BCUT2D eigenvalue weighted by Gasteiger charge is 2.15. The fourth-order valence-electron chi connectivity index (χ4n) is 0.903. The molecule has 0 fully saturated rings. The molecular formula is C8H7F2NO3. The fourth-order valence-corrected chi connectivity index (χ4v) is 0.903. The van der Waals surface area contributed by atoms with E-state index >= 15 is 0 Å². The highest BCUT2D eigenvalue weighted by molar-refractivity contribution is 5.46. The highest BCUT2D eigenvalue weighted by atomic mass is 19.1. The van der Waals surface area contributed by atoms with E-state index in [4.69, 9.17) is 0 Å². The first-order valence-electron chi connectivity index (χ1n) is 3.78. The lowest BCUT2D eigenvalue weighted by Gasteiger charge is -2.03. The SMILES string of the molecule is O=[N+]([O-])c1ccc(F)cc1OCCF. The molecule has 4 nitrogen and oxygen atoms in total. The summed E-state index contributed by atoms with van der Waals surface area (Å²) < 4.78 is 29.0. The van der Waals surface area contributed by atoms with Crippen LogP contribution in [0.4, 0.5) is 14.5 Å². The van der Waals surface area contributed by atoms with E-state index in [1.165, 1.54) is 0 Å². The van der Waals surface area contributed by atoms with E-state index in [0.29, 0.717) is 0 Å². The summed E-state index contributed by atoms with van der Waals surface area (Å²) in [6.07, 6.45) is 0. The smallest absolute Gasteiger partial charge is 0.311 e. The standard InChI is InChI=1S/C8H7F2NO3/c9-3-4-14-8-5-6(10)1-2-7(8)11(12)13/h1-2,5H,3-4H2. The lowest BCUT2D eigenvalue weighted by atomic mass is 10.3. The number of nitro groups is 1. The number of hydrogen-bond donors (Lipinski definition) is 0. The van der Waals surface area contributed by atoms with Crippen LogP contribution in [0.3, 0.4) is 0 Å². The average molecular weight is 203 g/mol. The summed E-state index contributed by atoms with van der Waals surface area (Å²) in [6, 6.07) is 2.77. The van der Waals surface area contributed by atoms with Gasteiger partial charge in [-0.2, -0.15) is 0 Å². The zero-order chi connectivity index (χ0) is 10.6. The molecule has 0 aliphatic carbocycles. The molecule has 0 spiro atoms. The lowest BCUT2D eigenvalue weighted by Crippen LogP contribution is -2.02. The van der Waals surface area contributed by atoms with Crippen LogP contribution in [0.5, 0.6) is 5.75 Å². The van der Waals surface area contributed by atoms with Gasteiger partial charge in [0.15, 0.2) is 5.75 Å². The van der Waals surface area contributed by atoms with Gasteiger partial charge in [0.25, 0.3) is 0 Å². The van der Waals surface area contributed by atoms with Crippen molar-refractivity contribution in [3.05, 3.63) is 34.1 Å². The van der Waals surface area contributed by atoms with E-state index in [0.717, 1.165) is 18.2 Å². The van der Waals surface area contributed by atoms with E-state index in [-0.39, 0.29) is 18.0 Å². The molecule has 0 aromatic heterocycles. The topological polar surface area (TPSA) is 52.4 Å². The largest absolute Gasteiger partial charge is 0.484 e. The molecule has 1 aromatic carbocycles. The number of alkyl halides is 1. The molecule has 6 heteroatoms. The second-order valence-electron chi connectivity index (χ2n) is 2.41. The molecule has 0 N–H and O–H groups in total. The Kier molecular flexibility index (Phi) is 3.33. The molecule has 0 aliphatic heterocycles. The third kappa shape index (κ3) is 2.38. The van der Waals surface area contributed by atoms with Gasteiger partial charge in [0.2, 0.25) is 0 Å². The van der Waals surface area contributed by atoms with E-state index in [2.05, 4.69) is 4.74 Å². The lowest BCUT2D eigenvalue weighted by molar-refractivity contribution is -0.385. The highest BCUT2D eigenvalue weighted by Crippen LogP contribution is 2.27. The Balaban J connectivity index is 2.97. The molecule has 0 aliphatic rings. The molecule has 0 bridgehead atoms. The molecule has 1 rings (SSSR count). The van der Waals surface area contributed by atoms with Crippen LogP contribution in [0.15, 0.2) is 18.2 Å². The van der Waals surface area contributed by atoms with Crippen LogP contribution in [0.2, 0.25) is 0 Å². The zero-order valence-electron chi connectivity index (χ0n) is 7.07. The van der Waals surface area contributed by atoms with E-state index in [1.807, 2.05) is 0 Å². The molecule has 0 amide bonds. The number of halogens is 2. The van der Waals surface area contributed by atoms with E-state index in [1.54, 1.807) is 0 Å². The maximum atomic E-state index is 12.6. The Hall–Kier alpha value is -1.72. The monoisotopic (exact) mass is 203 g/mol. The number of hydrogen-bond acceptors (Lipinski definition) is 3.